The van der Waals surface area contributed by atoms with Crippen LogP contribution in [0.2, 0.25) is 0 Å². The summed E-state index contributed by atoms with van der Waals surface area (Å²) in [5, 5.41) is 12.3. The molecule has 5 heteroatoms. The molecule has 0 bridgehead atoms. The van der Waals surface area contributed by atoms with E-state index in [0.717, 1.165) is 21.6 Å². The zero-order chi connectivity index (χ0) is 13.7. The van der Waals surface area contributed by atoms with E-state index in [0.29, 0.717) is 12.3 Å². The van der Waals surface area contributed by atoms with Crippen molar-refractivity contribution in [2.24, 2.45) is 0 Å². The fourth-order valence-corrected chi connectivity index (χ4v) is 5.09. The third kappa shape index (κ3) is 1.74. The Hall–Kier alpha value is -1.30. The highest BCUT2D eigenvalue weighted by Crippen LogP contribution is 2.46. The van der Waals surface area contributed by atoms with E-state index < -0.39 is 6.10 Å². The highest BCUT2D eigenvalue weighted by atomic mass is 32.2. The van der Waals surface area contributed by atoms with Crippen molar-refractivity contribution < 1.29 is 9.90 Å². The van der Waals surface area contributed by atoms with Gasteiger partial charge in [-0.3, -0.25) is 4.79 Å². The SMILES string of the molecule is O=C1c2ccccc2[C@@H]2SC[C@@H](O)c3ccsc3CN12. The first-order chi connectivity index (χ1) is 9.75. The van der Waals surface area contributed by atoms with Crippen LogP contribution >= 0.6 is 23.1 Å². The summed E-state index contributed by atoms with van der Waals surface area (Å²) in [7, 11) is 0. The molecule has 0 saturated heterocycles. The second kappa shape index (κ2) is 4.62. The molecular formula is C15H13NO2S2. The number of thioether (sulfide) groups is 1. The van der Waals surface area contributed by atoms with Gasteiger partial charge in [0.1, 0.15) is 5.37 Å². The first-order valence-corrected chi connectivity index (χ1v) is 8.44. The molecule has 2 aliphatic rings. The summed E-state index contributed by atoms with van der Waals surface area (Å²) in [5.74, 6) is 0.723. The molecule has 3 nitrogen and oxygen atoms in total. The Morgan fingerprint density at radius 2 is 2.05 bits per heavy atom. The molecular weight excluding hydrogens is 290 g/mol. The number of aliphatic hydroxyl groups excluding tert-OH is 1. The molecule has 2 aromatic rings. The smallest absolute Gasteiger partial charge is 0.255 e. The van der Waals surface area contributed by atoms with E-state index in [1.807, 2.05) is 40.6 Å². The van der Waals surface area contributed by atoms with Crippen LogP contribution in [0.4, 0.5) is 0 Å². The van der Waals surface area contributed by atoms with E-state index in [2.05, 4.69) is 0 Å². The predicted octanol–water partition coefficient (Wildman–Crippen LogP) is 3.18. The predicted molar refractivity (Wildman–Crippen MR) is 80.8 cm³/mol. The maximum atomic E-state index is 12.6. The van der Waals surface area contributed by atoms with Gasteiger partial charge in [-0.1, -0.05) is 18.2 Å². The molecule has 2 atom stereocenters. The fraction of sp³-hybridized carbons (Fsp3) is 0.267. The van der Waals surface area contributed by atoms with Crippen LogP contribution in [0.1, 0.15) is 37.8 Å². The number of thiophene rings is 1. The van der Waals surface area contributed by atoms with Crippen LogP contribution in [-0.4, -0.2) is 21.7 Å². The van der Waals surface area contributed by atoms with Crippen molar-refractivity contribution in [1.29, 1.82) is 0 Å². The number of aliphatic hydroxyl groups is 1. The number of amides is 1. The molecule has 20 heavy (non-hydrogen) atoms. The largest absolute Gasteiger partial charge is 0.388 e. The number of carbonyl (C=O) groups excluding carboxylic acids is 1. The number of hydrogen-bond acceptors (Lipinski definition) is 4. The summed E-state index contributed by atoms with van der Waals surface area (Å²) in [6.45, 7) is 0.592. The van der Waals surface area contributed by atoms with E-state index >= 15 is 0 Å². The Balaban J connectivity index is 1.80. The third-order valence-corrected chi connectivity index (χ3v) is 6.12. The molecule has 0 saturated carbocycles. The lowest BCUT2D eigenvalue weighted by Gasteiger charge is -2.28. The zero-order valence-corrected chi connectivity index (χ0v) is 12.3. The van der Waals surface area contributed by atoms with Crippen LogP contribution in [0.3, 0.4) is 0 Å². The Labute approximate surface area is 125 Å². The standard InChI is InChI=1S/C15H13NO2S2/c17-12-8-20-15-10-4-2-1-3-9(10)14(18)16(15)7-13-11(12)5-6-19-13/h1-6,12,15,17H,7-8H2/t12-,15+/m1/s1. The van der Waals surface area contributed by atoms with Crippen molar-refractivity contribution in [3.05, 3.63) is 57.3 Å². The minimum atomic E-state index is -0.439. The molecule has 102 valence electrons. The lowest BCUT2D eigenvalue weighted by molar-refractivity contribution is 0.0758. The number of hydrogen-bond donors (Lipinski definition) is 1. The van der Waals surface area contributed by atoms with Gasteiger partial charge in [-0.2, -0.15) is 0 Å². The number of fused-ring (bicyclic) bond motifs is 4. The van der Waals surface area contributed by atoms with Gasteiger partial charge >= 0.3 is 0 Å². The summed E-state index contributed by atoms with van der Waals surface area (Å²) >= 11 is 3.27. The van der Waals surface area contributed by atoms with Gasteiger partial charge in [-0.05, 0) is 28.6 Å². The van der Waals surface area contributed by atoms with Crippen LogP contribution in [0, 0.1) is 0 Å². The number of carbonyl (C=O) groups is 1. The molecule has 1 aromatic heterocycles. The van der Waals surface area contributed by atoms with Crippen LogP contribution < -0.4 is 0 Å². The van der Waals surface area contributed by atoms with E-state index in [1.165, 1.54) is 0 Å². The third-order valence-electron chi connectivity index (χ3n) is 3.87. The maximum Gasteiger partial charge on any atom is 0.255 e. The molecule has 0 spiro atoms. The van der Waals surface area contributed by atoms with Crippen molar-refractivity contribution in [3.8, 4) is 0 Å². The second-order valence-corrected chi connectivity index (χ2v) is 7.13. The normalized spacial score (nSPS) is 24.6. The van der Waals surface area contributed by atoms with Crippen LogP contribution in [0.5, 0.6) is 0 Å². The number of nitrogens with zero attached hydrogens (tertiary/aromatic N) is 1. The second-order valence-electron chi connectivity index (χ2n) is 5.02. The van der Waals surface area contributed by atoms with Gasteiger partial charge < -0.3 is 10.0 Å². The van der Waals surface area contributed by atoms with Crippen LogP contribution in [0.15, 0.2) is 35.7 Å². The Bertz CT molecular complexity index is 682. The quantitative estimate of drug-likeness (QED) is 0.812. The average molecular weight is 303 g/mol. The topological polar surface area (TPSA) is 40.5 Å². The van der Waals surface area contributed by atoms with Crippen molar-refractivity contribution >= 4 is 29.0 Å². The van der Waals surface area contributed by atoms with E-state index in [4.69, 9.17) is 0 Å². The van der Waals surface area contributed by atoms with Gasteiger partial charge in [-0.25, -0.2) is 0 Å². The molecule has 1 aromatic carbocycles. The lowest BCUT2D eigenvalue weighted by atomic mass is 10.1. The van der Waals surface area contributed by atoms with Gasteiger partial charge in [0, 0.05) is 16.2 Å². The van der Waals surface area contributed by atoms with E-state index in [1.54, 1.807) is 23.1 Å². The molecule has 1 N–H and O–H groups in total. The summed E-state index contributed by atoms with van der Waals surface area (Å²) < 4.78 is 0. The van der Waals surface area contributed by atoms with Crippen molar-refractivity contribution in [2.75, 3.05) is 5.75 Å². The molecule has 0 unspecified atom stereocenters. The van der Waals surface area contributed by atoms with Crippen molar-refractivity contribution in [3.63, 3.8) is 0 Å². The summed E-state index contributed by atoms with van der Waals surface area (Å²) in [6, 6.07) is 9.78. The minimum Gasteiger partial charge on any atom is -0.388 e. The lowest BCUT2D eigenvalue weighted by Crippen LogP contribution is -2.28. The minimum absolute atomic E-state index is 0.0311. The molecule has 0 aliphatic carbocycles. The van der Waals surface area contributed by atoms with Gasteiger partial charge in [-0.15, -0.1) is 23.1 Å². The number of rotatable bonds is 0. The van der Waals surface area contributed by atoms with Gasteiger partial charge in [0.05, 0.1) is 12.6 Å². The summed E-state index contributed by atoms with van der Waals surface area (Å²) in [6.07, 6.45) is -0.439. The summed E-state index contributed by atoms with van der Waals surface area (Å²) in [4.78, 5) is 15.6. The maximum absolute atomic E-state index is 12.6. The van der Waals surface area contributed by atoms with Gasteiger partial charge in [0.25, 0.3) is 5.91 Å². The van der Waals surface area contributed by atoms with E-state index in [9.17, 15) is 9.90 Å². The first-order valence-electron chi connectivity index (χ1n) is 6.51. The fourth-order valence-electron chi connectivity index (χ4n) is 2.87. The molecule has 0 radical (unpaired) electrons. The Morgan fingerprint density at radius 1 is 1.20 bits per heavy atom. The zero-order valence-electron chi connectivity index (χ0n) is 10.7. The van der Waals surface area contributed by atoms with Gasteiger partial charge in [0.15, 0.2) is 0 Å². The van der Waals surface area contributed by atoms with Crippen molar-refractivity contribution in [1.82, 2.24) is 4.90 Å². The Kier molecular flexibility index (Phi) is 2.87. The van der Waals surface area contributed by atoms with Crippen LogP contribution in [0.25, 0.3) is 0 Å². The average Bonchev–Trinajstić information content (AvgIpc) is 3.01. The van der Waals surface area contributed by atoms with Crippen molar-refractivity contribution in [2.45, 2.75) is 18.0 Å². The molecule has 4 rings (SSSR count). The first kappa shape index (κ1) is 12.4. The molecule has 2 aliphatic heterocycles. The highest BCUT2D eigenvalue weighted by molar-refractivity contribution is 7.99. The van der Waals surface area contributed by atoms with Crippen LogP contribution in [-0.2, 0) is 6.54 Å². The molecule has 3 heterocycles. The Morgan fingerprint density at radius 3 is 2.95 bits per heavy atom. The van der Waals surface area contributed by atoms with E-state index in [-0.39, 0.29) is 11.3 Å². The monoisotopic (exact) mass is 303 g/mol. The van der Waals surface area contributed by atoms with Gasteiger partial charge in [0.2, 0.25) is 0 Å². The molecule has 1 amide bonds. The highest BCUT2D eigenvalue weighted by Gasteiger charge is 2.39. The molecule has 0 fully saturated rings. The summed E-state index contributed by atoms with van der Waals surface area (Å²) in [5.41, 5.74) is 2.86. The number of benzene rings is 1.